The first-order valence-corrected chi connectivity index (χ1v) is 10.6. The second kappa shape index (κ2) is 7.60. The lowest BCUT2D eigenvalue weighted by atomic mass is 9.93. The molecule has 3 aromatic heterocycles. The van der Waals surface area contributed by atoms with Gasteiger partial charge in [-0.05, 0) is 69.9 Å². The maximum Gasteiger partial charge on any atom is 0.250 e. The number of anilines is 3. The van der Waals surface area contributed by atoms with Gasteiger partial charge < -0.3 is 15.3 Å². The monoisotopic (exact) mass is 405 g/mol. The van der Waals surface area contributed by atoms with Gasteiger partial charge in [0.2, 0.25) is 5.95 Å². The van der Waals surface area contributed by atoms with Crippen molar-refractivity contribution >= 4 is 34.0 Å². The summed E-state index contributed by atoms with van der Waals surface area (Å²) in [4.78, 5) is 6.88. The van der Waals surface area contributed by atoms with Crippen LogP contribution in [0.2, 0.25) is 0 Å². The summed E-state index contributed by atoms with van der Waals surface area (Å²) in [5.41, 5.74) is 3.83. The Labute approximate surface area is 174 Å². The molecular formula is C22H27N7O. The Bertz CT molecular complexity index is 1170. The predicted octanol–water partition coefficient (Wildman–Crippen LogP) is 3.79. The summed E-state index contributed by atoms with van der Waals surface area (Å²) in [5.74, 6) is 1.60. The second-order valence-electron chi connectivity index (χ2n) is 8.04. The number of aromatic nitrogens is 5. The van der Waals surface area contributed by atoms with E-state index < -0.39 is 0 Å². The Balaban J connectivity index is 1.47. The molecule has 156 valence electrons. The molecule has 1 saturated carbocycles. The molecule has 8 heteroatoms. The molecule has 30 heavy (non-hydrogen) atoms. The van der Waals surface area contributed by atoms with Crippen LogP contribution in [0.4, 0.5) is 17.5 Å². The number of aliphatic hydroxyl groups excluding tert-OH is 1. The zero-order valence-corrected chi connectivity index (χ0v) is 17.3. The van der Waals surface area contributed by atoms with E-state index in [1.54, 1.807) is 0 Å². The van der Waals surface area contributed by atoms with Crippen LogP contribution in [-0.2, 0) is 0 Å². The summed E-state index contributed by atoms with van der Waals surface area (Å²) in [6.45, 7) is 4.87. The number of nitrogens with zero attached hydrogens (tertiary/aromatic N) is 5. The van der Waals surface area contributed by atoms with E-state index in [1.165, 1.54) is 0 Å². The number of hydrogen-bond donors (Lipinski definition) is 3. The molecule has 3 N–H and O–H groups in total. The summed E-state index contributed by atoms with van der Waals surface area (Å²) in [6.07, 6.45) is 3.45. The minimum Gasteiger partial charge on any atom is -0.393 e. The summed E-state index contributed by atoms with van der Waals surface area (Å²) in [5, 5.41) is 26.7. The van der Waals surface area contributed by atoms with Gasteiger partial charge >= 0.3 is 0 Å². The van der Waals surface area contributed by atoms with Gasteiger partial charge in [0.05, 0.1) is 11.6 Å². The zero-order chi connectivity index (χ0) is 20.7. The summed E-state index contributed by atoms with van der Waals surface area (Å²) < 4.78 is 1.88. The van der Waals surface area contributed by atoms with Crippen LogP contribution >= 0.6 is 0 Å². The first-order valence-electron chi connectivity index (χ1n) is 10.6. The van der Waals surface area contributed by atoms with Crippen LogP contribution in [0.1, 0.15) is 38.3 Å². The molecule has 0 radical (unpaired) electrons. The number of aromatic amines is 1. The van der Waals surface area contributed by atoms with E-state index >= 15 is 0 Å². The van der Waals surface area contributed by atoms with Gasteiger partial charge in [0.1, 0.15) is 5.82 Å². The number of aryl methyl sites for hydroxylation is 1. The number of aliphatic hydroxyl groups is 1. The maximum atomic E-state index is 9.76. The molecule has 0 amide bonds. The molecule has 0 bridgehead atoms. The van der Waals surface area contributed by atoms with Crippen LogP contribution in [0, 0.1) is 6.92 Å². The quantitative estimate of drug-likeness (QED) is 0.468. The van der Waals surface area contributed by atoms with Crippen LogP contribution in [0.15, 0.2) is 36.4 Å². The van der Waals surface area contributed by atoms with E-state index in [0.29, 0.717) is 12.0 Å². The standard InChI is InChI=1S/C22H27N7O/c1-3-28(16-9-12-18-14(2)25-26-19(18)13-16)22-24-21-6-4-5-20(29(21)27-22)23-15-7-10-17(30)11-8-15/h4-6,9,12-13,15,17,23,30H,3,7-8,10-11H2,1-2H3,(H,25,26). The molecule has 0 unspecified atom stereocenters. The minimum absolute atomic E-state index is 0.162. The SMILES string of the molecule is CCN(c1ccc2c(C)[nH]nc2c1)c1nc2cccc(NC3CCC(O)CC3)n2n1. The highest BCUT2D eigenvalue weighted by Gasteiger charge is 2.21. The van der Waals surface area contributed by atoms with Crippen molar-refractivity contribution in [3.8, 4) is 0 Å². The third-order valence-corrected chi connectivity index (χ3v) is 6.00. The molecule has 1 aliphatic carbocycles. The molecule has 0 aliphatic heterocycles. The van der Waals surface area contributed by atoms with Crippen molar-refractivity contribution in [1.82, 2.24) is 24.8 Å². The average Bonchev–Trinajstić information content (AvgIpc) is 3.35. The van der Waals surface area contributed by atoms with Gasteiger partial charge in [-0.2, -0.15) is 14.6 Å². The molecule has 0 atom stereocenters. The largest absolute Gasteiger partial charge is 0.393 e. The number of rotatable bonds is 5. The molecule has 1 fully saturated rings. The van der Waals surface area contributed by atoms with Gasteiger partial charge in [-0.3, -0.25) is 5.10 Å². The van der Waals surface area contributed by atoms with Crippen molar-refractivity contribution < 1.29 is 5.11 Å². The van der Waals surface area contributed by atoms with Gasteiger partial charge in [-0.25, -0.2) is 0 Å². The van der Waals surface area contributed by atoms with Gasteiger partial charge in [0.25, 0.3) is 0 Å². The summed E-state index contributed by atoms with van der Waals surface area (Å²) in [6, 6.07) is 12.6. The highest BCUT2D eigenvalue weighted by atomic mass is 16.3. The van der Waals surface area contributed by atoms with Crippen molar-refractivity contribution in [2.24, 2.45) is 0 Å². The molecule has 8 nitrogen and oxygen atoms in total. The van der Waals surface area contributed by atoms with E-state index in [1.807, 2.05) is 29.6 Å². The molecule has 3 heterocycles. The van der Waals surface area contributed by atoms with Crippen LogP contribution in [0.3, 0.4) is 0 Å². The van der Waals surface area contributed by atoms with Gasteiger partial charge in [-0.15, -0.1) is 5.10 Å². The number of hydrogen-bond acceptors (Lipinski definition) is 6. The van der Waals surface area contributed by atoms with E-state index in [0.717, 1.165) is 66.0 Å². The first-order chi connectivity index (χ1) is 14.6. The summed E-state index contributed by atoms with van der Waals surface area (Å²) in [7, 11) is 0. The van der Waals surface area contributed by atoms with Gasteiger partial charge in [-0.1, -0.05) is 6.07 Å². The first kappa shape index (κ1) is 18.9. The molecule has 0 saturated heterocycles. The lowest BCUT2D eigenvalue weighted by molar-refractivity contribution is 0.126. The second-order valence-corrected chi connectivity index (χ2v) is 8.04. The van der Waals surface area contributed by atoms with Crippen molar-refractivity contribution in [1.29, 1.82) is 0 Å². The third kappa shape index (κ3) is 3.37. The lowest BCUT2D eigenvalue weighted by Gasteiger charge is -2.27. The Morgan fingerprint density at radius 2 is 2.03 bits per heavy atom. The molecule has 0 spiro atoms. The molecule has 1 aliphatic rings. The topological polar surface area (TPSA) is 94.4 Å². The number of H-pyrrole nitrogens is 1. The van der Waals surface area contributed by atoms with Crippen molar-refractivity contribution in [2.75, 3.05) is 16.8 Å². The number of nitrogens with one attached hydrogen (secondary N) is 2. The fourth-order valence-corrected chi connectivity index (χ4v) is 4.29. The van der Waals surface area contributed by atoms with Crippen LogP contribution in [0.5, 0.6) is 0 Å². The highest BCUT2D eigenvalue weighted by molar-refractivity contribution is 5.85. The van der Waals surface area contributed by atoms with Gasteiger partial charge in [0.15, 0.2) is 5.65 Å². The van der Waals surface area contributed by atoms with Crippen LogP contribution < -0.4 is 10.2 Å². The van der Waals surface area contributed by atoms with E-state index in [2.05, 4.69) is 45.5 Å². The average molecular weight is 406 g/mol. The van der Waals surface area contributed by atoms with E-state index in [9.17, 15) is 5.11 Å². The van der Waals surface area contributed by atoms with Crippen LogP contribution in [-0.4, -0.2) is 48.6 Å². The Morgan fingerprint density at radius 1 is 1.20 bits per heavy atom. The van der Waals surface area contributed by atoms with E-state index in [4.69, 9.17) is 10.1 Å². The fraction of sp³-hybridized carbons (Fsp3) is 0.409. The molecule has 5 rings (SSSR count). The van der Waals surface area contributed by atoms with Gasteiger partial charge in [0, 0.05) is 29.4 Å². The van der Waals surface area contributed by atoms with Crippen molar-refractivity contribution in [3.63, 3.8) is 0 Å². The predicted molar refractivity (Wildman–Crippen MR) is 118 cm³/mol. The smallest absolute Gasteiger partial charge is 0.250 e. The summed E-state index contributed by atoms with van der Waals surface area (Å²) >= 11 is 0. The highest BCUT2D eigenvalue weighted by Crippen LogP contribution is 2.28. The molecule has 4 aromatic rings. The van der Waals surface area contributed by atoms with Crippen LogP contribution in [0.25, 0.3) is 16.6 Å². The molecular weight excluding hydrogens is 378 g/mol. The number of fused-ring (bicyclic) bond motifs is 2. The maximum absolute atomic E-state index is 9.76. The van der Waals surface area contributed by atoms with Crippen molar-refractivity contribution in [3.05, 3.63) is 42.1 Å². The van der Waals surface area contributed by atoms with Crippen molar-refractivity contribution in [2.45, 2.75) is 51.7 Å². The van der Waals surface area contributed by atoms with E-state index in [-0.39, 0.29) is 6.10 Å². The number of benzene rings is 1. The number of pyridine rings is 1. The fourth-order valence-electron chi connectivity index (χ4n) is 4.29. The lowest BCUT2D eigenvalue weighted by Crippen LogP contribution is -2.29. The third-order valence-electron chi connectivity index (χ3n) is 6.00. The Kier molecular flexibility index (Phi) is 4.78. The Morgan fingerprint density at radius 3 is 2.83 bits per heavy atom. The Hall–Kier alpha value is -3.13. The molecule has 1 aromatic carbocycles. The zero-order valence-electron chi connectivity index (χ0n) is 17.3. The minimum atomic E-state index is -0.162. The normalized spacial score (nSPS) is 19.4.